The largest absolute Gasteiger partial charge is 0.493 e. The third kappa shape index (κ3) is 3.18. The summed E-state index contributed by atoms with van der Waals surface area (Å²) in [6.45, 7) is 4.05. The SMILES string of the molecule is COc1cc(-n2nc(C)cc2-c2ccc(C)cc2)cc(OC)c1OC. The molecule has 0 saturated heterocycles. The van der Waals surface area contributed by atoms with E-state index in [4.69, 9.17) is 14.2 Å². The van der Waals surface area contributed by atoms with Crippen molar-refractivity contribution in [2.24, 2.45) is 0 Å². The summed E-state index contributed by atoms with van der Waals surface area (Å²) in [5, 5.41) is 4.65. The van der Waals surface area contributed by atoms with E-state index < -0.39 is 0 Å². The molecule has 130 valence electrons. The molecule has 1 heterocycles. The van der Waals surface area contributed by atoms with Crippen LogP contribution in [0.3, 0.4) is 0 Å². The van der Waals surface area contributed by atoms with Crippen molar-refractivity contribution < 1.29 is 14.2 Å². The molecule has 0 unspecified atom stereocenters. The van der Waals surface area contributed by atoms with Crippen molar-refractivity contribution in [2.45, 2.75) is 13.8 Å². The Morgan fingerprint density at radius 2 is 1.40 bits per heavy atom. The lowest BCUT2D eigenvalue weighted by Crippen LogP contribution is -2.02. The van der Waals surface area contributed by atoms with Crippen molar-refractivity contribution in [1.29, 1.82) is 0 Å². The number of aryl methyl sites for hydroxylation is 2. The van der Waals surface area contributed by atoms with Crippen molar-refractivity contribution >= 4 is 0 Å². The highest BCUT2D eigenvalue weighted by Crippen LogP contribution is 2.40. The van der Waals surface area contributed by atoms with Crippen LogP contribution in [0.5, 0.6) is 17.2 Å². The van der Waals surface area contributed by atoms with Crippen molar-refractivity contribution in [3.05, 3.63) is 53.7 Å². The smallest absolute Gasteiger partial charge is 0.203 e. The average molecular weight is 338 g/mol. The molecule has 0 saturated carbocycles. The molecular weight excluding hydrogens is 316 g/mol. The van der Waals surface area contributed by atoms with Gasteiger partial charge in [-0.2, -0.15) is 5.10 Å². The van der Waals surface area contributed by atoms with Gasteiger partial charge in [0, 0.05) is 17.7 Å². The van der Waals surface area contributed by atoms with Crippen LogP contribution in [-0.4, -0.2) is 31.1 Å². The van der Waals surface area contributed by atoms with Crippen molar-refractivity contribution in [3.63, 3.8) is 0 Å². The molecule has 0 fully saturated rings. The van der Waals surface area contributed by atoms with Gasteiger partial charge in [-0.3, -0.25) is 0 Å². The van der Waals surface area contributed by atoms with Gasteiger partial charge in [-0.1, -0.05) is 29.8 Å². The minimum Gasteiger partial charge on any atom is -0.493 e. The van der Waals surface area contributed by atoms with Gasteiger partial charge < -0.3 is 14.2 Å². The quantitative estimate of drug-likeness (QED) is 0.700. The van der Waals surface area contributed by atoms with Crippen molar-refractivity contribution in [1.82, 2.24) is 9.78 Å². The number of ether oxygens (including phenoxy) is 3. The van der Waals surface area contributed by atoms with Crippen LogP contribution >= 0.6 is 0 Å². The number of benzene rings is 2. The number of rotatable bonds is 5. The molecule has 0 N–H and O–H groups in total. The van der Waals surface area contributed by atoms with E-state index in [1.807, 2.05) is 23.7 Å². The summed E-state index contributed by atoms with van der Waals surface area (Å²) in [7, 11) is 4.81. The van der Waals surface area contributed by atoms with Gasteiger partial charge in [0.05, 0.1) is 38.4 Å². The van der Waals surface area contributed by atoms with Gasteiger partial charge >= 0.3 is 0 Å². The molecular formula is C20H22N2O3. The molecule has 0 amide bonds. The topological polar surface area (TPSA) is 45.5 Å². The molecule has 5 heteroatoms. The van der Waals surface area contributed by atoms with Crippen LogP contribution in [0.2, 0.25) is 0 Å². The first-order valence-corrected chi connectivity index (χ1v) is 8.01. The van der Waals surface area contributed by atoms with Crippen LogP contribution in [0.1, 0.15) is 11.3 Å². The number of hydrogen-bond donors (Lipinski definition) is 0. The summed E-state index contributed by atoms with van der Waals surface area (Å²) in [6.07, 6.45) is 0. The summed E-state index contributed by atoms with van der Waals surface area (Å²) in [4.78, 5) is 0. The maximum atomic E-state index is 5.46. The molecule has 0 atom stereocenters. The number of methoxy groups -OCH3 is 3. The fourth-order valence-electron chi connectivity index (χ4n) is 2.82. The second-order valence-electron chi connectivity index (χ2n) is 5.83. The number of aromatic nitrogens is 2. The summed E-state index contributed by atoms with van der Waals surface area (Å²) in [5.74, 6) is 1.76. The Kier molecular flexibility index (Phi) is 4.65. The highest BCUT2D eigenvalue weighted by molar-refractivity contribution is 5.65. The monoisotopic (exact) mass is 338 g/mol. The minimum absolute atomic E-state index is 0.564. The lowest BCUT2D eigenvalue weighted by molar-refractivity contribution is 0.324. The summed E-state index contributed by atoms with van der Waals surface area (Å²) < 4.78 is 18.2. The third-order valence-corrected chi connectivity index (χ3v) is 4.07. The van der Waals surface area contributed by atoms with E-state index in [9.17, 15) is 0 Å². The Balaban J connectivity index is 2.19. The molecule has 3 aromatic rings. The van der Waals surface area contributed by atoms with Gasteiger partial charge in [-0.05, 0) is 19.9 Å². The molecule has 0 aliphatic carbocycles. The summed E-state index contributed by atoms with van der Waals surface area (Å²) >= 11 is 0. The van der Waals surface area contributed by atoms with Crippen LogP contribution in [-0.2, 0) is 0 Å². The minimum atomic E-state index is 0.564. The molecule has 0 radical (unpaired) electrons. The van der Waals surface area contributed by atoms with Gasteiger partial charge in [-0.25, -0.2) is 4.68 Å². The fraction of sp³-hybridized carbons (Fsp3) is 0.250. The molecule has 25 heavy (non-hydrogen) atoms. The maximum Gasteiger partial charge on any atom is 0.203 e. The van der Waals surface area contributed by atoms with Crippen LogP contribution in [0.4, 0.5) is 0 Å². The fourth-order valence-corrected chi connectivity index (χ4v) is 2.82. The van der Waals surface area contributed by atoms with Gasteiger partial charge in [-0.15, -0.1) is 0 Å². The van der Waals surface area contributed by atoms with Crippen LogP contribution in [0, 0.1) is 13.8 Å². The van der Waals surface area contributed by atoms with Crippen LogP contribution in [0.15, 0.2) is 42.5 Å². The Labute approximate surface area is 147 Å². The number of nitrogens with zero attached hydrogens (tertiary/aromatic N) is 2. The lowest BCUT2D eigenvalue weighted by Gasteiger charge is -2.15. The van der Waals surface area contributed by atoms with Gasteiger partial charge in [0.2, 0.25) is 5.75 Å². The molecule has 0 spiro atoms. The summed E-state index contributed by atoms with van der Waals surface area (Å²) in [6, 6.07) is 14.2. The van der Waals surface area contributed by atoms with E-state index in [1.54, 1.807) is 21.3 Å². The molecule has 5 nitrogen and oxygen atoms in total. The van der Waals surface area contributed by atoms with Crippen LogP contribution < -0.4 is 14.2 Å². The normalized spacial score (nSPS) is 10.6. The second kappa shape index (κ2) is 6.89. The van der Waals surface area contributed by atoms with Gasteiger partial charge in [0.1, 0.15) is 0 Å². The highest BCUT2D eigenvalue weighted by atomic mass is 16.5. The van der Waals surface area contributed by atoms with E-state index >= 15 is 0 Å². The van der Waals surface area contributed by atoms with Gasteiger partial charge in [0.25, 0.3) is 0 Å². The van der Waals surface area contributed by atoms with E-state index in [-0.39, 0.29) is 0 Å². The van der Waals surface area contributed by atoms with Crippen molar-refractivity contribution in [2.75, 3.05) is 21.3 Å². The molecule has 0 aliphatic rings. The average Bonchev–Trinajstić information content (AvgIpc) is 3.02. The van der Waals surface area contributed by atoms with Gasteiger partial charge in [0.15, 0.2) is 11.5 Å². The Bertz CT molecular complexity index is 857. The Hall–Kier alpha value is -2.95. The van der Waals surface area contributed by atoms with E-state index in [0.717, 1.165) is 22.6 Å². The third-order valence-electron chi connectivity index (χ3n) is 4.07. The molecule has 0 bridgehead atoms. The first kappa shape index (κ1) is 16.9. The number of hydrogen-bond acceptors (Lipinski definition) is 4. The predicted molar refractivity (Wildman–Crippen MR) is 98.1 cm³/mol. The van der Waals surface area contributed by atoms with E-state index in [2.05, 4.69) is 42.4 Å². The van der Waals surface area contributed by atoms with E-state index in [1.165, 1.54) is 5.56 Å². The standard InChI is InChI=1S/C20H22N2O3/c1-13-6-8-15(9-7-13)17-10-14(2)21-22(17)16-11-18(23-3)20(25-5)19(12-16)24-4/h6-12H,1-5H3. The highest BCUT2D eigenvalue weighted by Gasteiger charge is 2.17. The zero-order chi connectivity index (χ0) is 18.0. The Morgan fingerprint density at radius 1 is 0.800 bits per heavy atom. The summed E-state index contributed by atoms with van der Waals surface area (Å²) in [5.41, 5.74) is 5.11. The molecule has 3 rings (SSSR count). The Morgan fingerprint density at radius 3 is 1.92 bits per heavy atom. The van der Waals surface area contributed by atoms with E-state index in [0.29, 0.717) is 17.2 Å². The molecule has 1 aromatic heterocycles. The maximum absolute atomic E-state index is 5.46. The predicted octanol–water partition coefficient (Wildman–Crippen LogP) is 4.18. The second-order valence-corrected chi connectivity index (χ2v) is 5.83. The first-order chi connectivity index (χ1) is 12.1. The first-order valence-electron chi connectivity index (χ1n) is 8.01. The van der Waals surface area contributed by atoms with Crippen molar-refractivity contribution in [3.8, 4) is 34.2 Å². The van der Waals surface area contributed by atoms with Crippen LogP contribution in [0.25, 0.3) is 16.9 Å². The lowest BCUT2D eigenvalue weighted by atomic mass is 10.1. The molecule has 0 aliphatic heterocycles. The molecule has 2 aromatic carbocycles. The zero-order valence-corrected chi connectivity index (χ0v) is 15.2. The zero-order valence-electron chi connectivity index (χ0n) is 15.2.